The fourth-order valence-corrected chi connectivity index (χ4v) is 2.53. The summed E-state index contributed by atoms with van der Waals surface area (Å²) in [6, 6.07) is 8.76. The predicted octanol–water partition coefficient (Wildman–Crippen LogP) is 3.16. The highest BCUT2D eigenvalue weighted by Gasteiger charge is 2.26. The Kier molecular flexibility index (Phi) is 3.24. The molecule has 1 aromatic rings. The minimum Gasteiger partial charge on any atom is -0.316 e. The van der Waals surface area contributed by atoms with E-state index in [1.807, 2.05) is 0 Å². The fourth-order valence-electron chi connectivity index (χ4n) is 2.26. The van der Waals surface area contributed by atoms with Crippen molar-refractivity contribution < 1.29 is 0 Å². The second-order valence-electron chi connectivity index (χ2n) is 3.98. The highest BCUT2D eigenvalue weighted by molar-refractivity contribution is 9.10. The number of halogens is 1. The first-order valence-corrected chi connectivity index (χ1v) is 6.06. The molecule has 14 heavy (non-hydrogen) atoms. The van der Waals surface area contributed by atoms with Crippen LogP contribution in [0.1, 0.15) is 24.8 Å². The molecule has 1 heterocycles. The van der Waals surface area contributed by atoms with E-state index in [2.05, 4.69) is 52.4 Å². The first-order chi connectivity index (χ1) is 6.81. The quantitative estimate of drug-likeness (QED) is 0.854. The smallest absolute Gasteiger partial charge is 0.0175 e. The molecule has 2 atom stereocenters. The molecule has 2 rings (SSSR count). The lowest BCUT2D eigenvalue weighted by Crippen LogP contribution is -2.09. The summed E-state index contributed by atoms with van der Waals surface area (Å²) in [6.07, 6.45) is 1.27. The normalized spacial score (nSPS) is 26.7. The van der Waals surface area contributed by atoms with Crippen molar-refractivity contribution in [1.82, 2.24) is 5.32 Å². The van der Waals surface area contributed by atoms with E-state index in [0.717, 1.165) is 12.5 Å². The molecule has 1 N–H and O–H groups in total. The van der Waals surface area contributed by atoms with Gasteiger partial charge in [0.25, 0.3) is 0 Å². The molecule has 0 amide bonds. The molecule has 1 nitrogen and oxygen atoms in total. The van der Waals surface area contributed by atoms with Gasteiger partial charge in [0.15, 0.2) is 0 Å². The van der Waals surface area contributed by atoms with E-state index in [9.17, 15) is 0 Å². The molecule has 1 aliphatic heterocycles. The van der Waals surface area contributed by atoms with Crippen molar-refractivity contribution in [2.45, 2.75) is 19.3 Å². The molecule has 0 spiro atoms. The van der Waals surface area contributed by atoms with Crippen LogP contribution in [0.15, 0.2) is 28.7 Å². The van der Waals surface area contributed by atoms with Gasteiger partial charge >= 0.3 is 0 Å². The highest BCUT2D eigenvalue weighted by atomic mass is 79.9. The van der Waals surface area contributed by atoms with Crippen LogP contribution in [0.25, 0.3) is 0 Å². The number of benzene rings is 1. The molecule has 0 aromatic heterocycles. The summed E-state index contributed by atoms with van der Waals surface area (Å²) >= 11 is 3.47. The number of nitrogens with one attached hydrogen (secondary N) is 1. The zero-order chi connectivity index (χ0) is 9.97. The zero-order valence-electron chi connectivity index (χ0n) is 8.46. The maximum Gasteiger partial charge on any atom is 0.0175 e. The van der Waals surface area contributed by atoms with Gasteiger partial charge < -0.3 is 5.32 Å². The van der Waals surface area contributed by atoms with Crippen LogP contribution in [0.3, 0.4) is 0 Å². The van der Waals surface area contributed by atoms with E-state index in [0.29, 0.717) is 5.92 Å². The topological polar surface area (TPSA) is 12.0 Å². The molecule has 1 aliphatic rings. The van der Waals surface area contributed by atoms with Crippen molar-refractivity contribution in [3.8, 4) is 0 Å². The van der Waals surface area contributed by atoms with Gasteiger partial charge in [-0.25, -0.2) is 0 Å². The Morgan fingerprint density at radius 2 is 2.00 bits per heavy atom. The Hall–Kier alpha value is -0.340. The van der Waals surface area contributed by atoms with Crippen molar-refractivity contribution in [1.29, 1.82) is 0 Å². The van der Waals surface area contributed by atoms with Gasteiger partial charge in [-0.3, -0.25) is 0 Å². The third-order valence-corrected chi connectivity index (χ3v) is 3.69. The molecule has 2 unspecified atom stereocenters. The Morgan fingerprint density at radius 3 is 2.64 bits per heavy atom. The van der Waals surface area contributed by atoms with Gasteiger partial charge in [0, 0.05) is 16.9 Å². The molecule has 0 saturated carbocycles. The summed E-state index contributed by atoms with van der Waals surface area (Å²) in [5.41, 5.74) is 1.48. The minimum atomic E-state index is 0.716. The number of rotatable bonds is 2. The first kappa shape index (κ1) is 10.2. The van der Waals surface area contributed by atoms with E-state index in [1.54, 1.807) is 0 Å². The zero-order valence-corrected chi connectivity index (χ0v) is 10.0. The lowest BCUT2D eigenvalue weighted by molar-refractivity contribution is 0.503. The second-order valence-corrected chi connectivity index (χ2v) is 4.90. The van der Waals surface area contributed by atoms with Crippen LogP contribution in [0, 0.1) is 5.92 Å². The summed E-state index contributed by atoms with van der Waals surface area (Å²) < 4.78 is 1.17. The SMILES string of the molecule is CCC1CNCC1c1ccc(Br)cc1. The molecule has 1 aromatic carbocycles. The molecule has 0 aliphatic carbocycles. The minimum absolute atomic E-state index is 0.716. The van der Waals surface area contributed by atoms with Gasteiger partial charge in [-0.1, -0.05) is 41.4 Å². The number of hydrogen-bond acceptors (Lipinski definition) is 1. The third kappa shape index (κ3) is 2.01. The molecule has 1 fully saturated rings. The first-order valence-electron chi connectivity index (χ1n) is 5.27. The van der Waals surface area contributed by atoms with Crippen molar-refractivity contribution >= 4 is 15.9 Å². The molecule has 2 heteroatoms. The summed E-state index contributed by atoms with van der Waals surface area (Å²) in [4.78, 5) is 0. The molecule has 76 valence electrons. The van der Waals surface area contributed by atoms with Crippen LogP contribution in [0.5, 0.6) is 0 Å². The van der Waals surface area contributed by atoms with E-state index >= 15 is 0 Å². The van der Waals surface area contributed by atoms with Crippen molar-refractivity contribution in [2.75, 3.05) is 13.1 Å². The molecule has 1 saturated heterocycles. The van der Waals surface area contributed by atoms with Crippen LogP contribution in [-0.4, -0.2) is 13.1 Å². The summed E-state index contributed by atoms with van der Waals surface area (Å²) in [6.45, 7) is 4.60. The lowest BCUT2D eigenvalue weighted by atomic mass is 9.87. The van der Waals surface area contributed by atoms with E-state index in [-0.39, 0.29) is 0 Å². The van der Waals surface area contributed by atoms with Crippen LogP contribution in [-0.2, 0) is 0 Å². The molecular formula is C12H16BrN. The number of hydrogen-bond donors (Lipinski definition) is 1. The van der Waals surface area contributed by atoms with Gasteiger partial charge in [-0.2, -0.15) is 0 Å². The second kappa shape index (κ2) is 4.45. The Bertz CT molecular complexity index is 294. The van der Waals surface area contributed by atoms with Crippen molar-refractivity contribution in [3.63, 3.8) is 0 Å². The maximum absolute atomic E-state index is 3.47. The summed E-state index contributed by atoms with van der Waals surface area (Å²) in [7, 11) is 0. The van der Waals surface area contributed by atoms with Crippen LogP contribution < -0.4 is 5.32 Å². The van der Waals surface area contributed by atoms with Gasteiger partial charge in [0.05, 0.1) is 0 Å². The third-order valence-electron chi connectivity index (χ3n) is 3.16. The molecular weight excluding hydrogens is 238 g/mol. The van der Waals surface area contributed by atoms with Crippen LogP contribution in [0.4, 0.5) is 0 Å². The summed E-state index contributed by atoms with van der Waals surface area (Å²) in [5.74, 6) is 1.53. The fraction of sp³-hybridized carbons (Fsp3) is 0.500. The largest absolute Gasteiger partial charge is 0.316 e. The van der Waals surface area contributed by atoms with Gasteiger partial charge in [-0.05, 0) is 30.2 Å². The van der Waals surface area contributed by atoms with Crippen molar-refractivity contribution in [3.05, 3.63) is 34.3 Å². The highest BCUT2D eigenvalue weighted by Crippen LogP contribution is 2.30. The monoisotopic (exact) mass is 253 g/mol. The van der Waals surface area contributed by atoms with Gasteiger partial charge in [0.2, 0.25) is 0 Å². The maximum atomic E-state index is 3.47. The van der Waals surface area contributed by atoms with Gasteiger partial charge in [0.1, 0.15) is 0 Å². The standard InChI is InChI=1S/C12H16BrN/c1-2-9-7-14-8-12(9)10-3-5-11(13)6-4-10/h3-6,9,12,14H,2,7-8H2,1H3. The Morgan fingerprint density at radius 1 is 1.29 bits per heavy atom. The molecule has 0 radical (unpaired) electrons. The predicted molar refractivity (Wildman–Crippen MR) is 63.5 cm³/mol. The molecule has 0 bridgehead atoms. The van der Waals surface area contributed by atoms with Crippen molar-refractivity contribution in [2.24, 2.45) is 5.92 Å². The van der Waals surface area contributed by atoms with E-state index in [1.165, 1.54) is 23.0 Å². The lowest BCUT2D eigenvalue weighted by Gasteiger charge is -2.16. The van der Waals surface area contributed by atoms with Gasteiger partial charge in [-0.15, -0.1) is 0 Å². The summed E-state index contributed by atoms with van der Waals surface area (Å²) in [5, 5.41) is 3.47. The Balaban J connectivity index is 2.17. The van der Waals surface area contributed by atoms with E-state index < -0.39 is 0 Å². The Labute approximate surface area is 94.0 Å². The average Bonchev–Trinajstić information content (AvgIpc) is 2.67. The van der Waals surface area contributed by atoms with E-state index in [4.69, 9.17) is 0 Å². The van der Waals surface area contributed by atoms with Crippen LogP contribution >= 0.6 is 15.9 Å². The van der Waals surface area contributed by atoms with Crippen LogP contribution in [0.2, 0.25) is 0 Å². The average molecular weight is 254 g/mol.